The lowest BCUT2D eigenvalue weighted by atomic mass is 10.0. The van der Waals surface area contributed by atoms with Crippen molar-refractivity contribution in [1.29, 1.82) is 0 Å². The standard InChI is InChI=1S/C30H26N6O2/c1-3-19-9-4-5-13-24(19)36-22(14-20-10-6-8-18(2)25(20)30(36)38)16-35-29-26(28(31)32-17-33-29)27(34-35)21-11-7-12-23(37)15-21/h4-15,17,37H,3,16H2,1-2H3,(H2,31,32,33). The van der Waals surface area contributed by atoms with Gasteiger partial charge in [0.25, 0.3) is 5.56 Å². The van der Waals surface area contributed by atoms with Gasteiger partial charge in [0.2, 0.25) is 0 Å². The number of benzene rings is 3. The smallest absolute Gasteiger partial charge is 0.263 e. The van der Waals surface area contributed by atoms with Gasteiger partial charge in [0.15, 0.2) is 5.65 Å². The third-order valence-electron chi connectivity index (χ3n) is 6.93. The summed E-state index contributed by atoms with van der Waals surface area (Å²) in [5.41, 5.74) is 11.6. The number of nitrogen functional groups attached to an aromatic ring is 1. The molecule has 8 nitrogen and oxygen atoms in total. The first kappa shape index (κ1) is 23.4. The van der Waals surface area contributed by atoms with Crippen molar-refractivity contribution < 1.29 is 5.11 Å². The molecule has 6 aromatic rings. The topological polar surface area (TPSA) is 112 Å². The lowest BCUT2D eigenvalue weighted by Gasteiger charge is -2.18. The zero-order chi connectivity index (χ0) is 26.4. The maximum atomic E-state index is 14.1. The largest absolute Gasteiger partial charge is 0.508 e. The molecule has 0 saturated heterocycles. The monoisotopic (exact) mass is 502 g/mol. The van der Waals surface area contributed by atoms with Crippen molar-refractivity contribution in [3.05, 3.63) is 106 Å². The van der Waals surface area contributed by atoms with E-state index in [1.54, 1.807) is 27.4 Å². The van der Waals surface area contributed by atoms with Crippen LogP contribution in [0.15, 0.2) is 83.9 Å². The highest BCUT2D eigenvalue weighted by Gasteiger charge is 2.20. The Labute approximate surface area is 218 Å². The van der Waals surface area contributed by atoms with Crippen LogP contribution in [0, 0.1) is 6.92 Å². The van der Waals surface area contributed by atoms with Crippen LogP contribution in [0.25, 0.3) is 38.8 Å². The number of anilines is 1. The molecule has 0 radical (unpaired) electrons. The Hall–Kier alpha value is -4.98. The second-order valence-corrected chi connectivity index (χ2v) is 9.31. The number of para-hydroxylation sites is 1. The van der Waals surface area contributed by atoms with Crippen molar-refractivity contribution in [3.8, 4) is 22.7 Å². The number of phenols is 1. The lowest BCUT2D eigenvalue weighted by molar-refractivity contribution is 0.475. The number of pyridine rings is 1. The fraction of sp³-hybridized carbons (Fsp3) is 0.133. The summed E-state index contributed by atoms with van der Waals surface area (Å²) in [6, 6.07) is 22.7. The molecule has 0 bridgehead atoms. The Morgan fingerprint density at radius 3 is 2.58 bits per heavy atom. The van der Waals surface area contributed by atoms with Crippen molar-refractivity contribution in [2.45, 2.75) is 26.8 Å². The van der Waals surface area contributed by atoms with E-state index in [4.69, 9.17) is 10.8 Å². The molecule has 0 amide bonds. The highest BCUT2D eigenvalue weighted by molar-refractivity contribution is 5.98. The van der Waals surface area contributed by atoms with Crippen molar-refractivity contribution in [1.82, 2.24) is 24.3 Å². The molecular weight excluding hydrogens is 476 g/mol. The van der Waals surface area contributed by atoms with Crippen LogP contribution in [0.5, 0.6) is 5.75 Å². The number of aryl methyl sites for hydroxylation is 2. The SMILES string of the molecule is CCc1ccccc1-n1c(Cn2nc(-c3cccc(O)c3)c3c(N)ncnc32)cc2cccc(C)c2c1=O. The van der Waals surface area contributed by atoms with E-state index in [1.807, 2.05) is 61.5 Å². The zero-order valence-corrected chi connectivity index (χ0v) is 21.1. The van der Waals surface area contributed by atoms with Crippen LogP contribution in [0.3, 0.4) is 0 Å². The molecule has 0 atom stereocenters. The Balaban J connectivity index is 1.63. The maximum absolute atomic E-state index is 14.1. The Bertz CT molecular complexity index is 1900. The summed E-state index contributed by atoms with van der Waals surface area (Å²) >= 11 is 0. The van der Waals surface area contributed by atoms with Crippen molar-refractivity contribution in [3.63, 3.8) is 0 Å². The van der Waals surface area contributed by atoms with Crippen molar-refractivity contribution in [2.24, 2.45) is 0 Å². The number of hydrogen-bond acceptors (Lipinski definition) is 6. The molecule has 0 saturated carbocycles. The van der Waals surface area contributed by atoms with E-state index in [2.05, 4.69) is 16.9 Å². The number of fused-ring (bicyclic) bond motifs is 2. The lowest BCUT2D eigenvalue weighted by Crippen LogP contribution is -2.25. The molecule has 6 rings (SSSR count). The highest BCUT2D eigenvalue weighted by Crippen LogP contribution is 2.32. The number of hydrogen-bond donors (Lipinski definition) is 2. The average molecular weight is 503 g/mol. The molecule has 0 aliphatic carbocycles. The fourth-order valence-corrected chi connectivity index (χ4v) is 5.15. The first-order chi connectivity index (χ1) is 18.5. The van der Waals surface area contributed by atoms with E-state index in [0.717, 1.165) is 34.3 Å². The zero-order valence-electron chi connectivity index (χ0n) is 21.1. The molecule has 0 fully saturated rings. The molecule has 0 unspecified atom stereocenters. The Morgan fingerprint density at radius 1 is 0.947 bits per heavy atom. The Morgan fingerprint density at radius 2 is 1.76 bits per heavy atom. The summed E-state index contributed by atoms with van der Waals surface area (Å²) in [5, 5.41) is 17.1. The van der Waals surface area contributed by atoms with Gasteiger partial charge in [-0.1, -0.05) is 55.5 Å². The minimum atomic E-state index is -0.0738. The van der Waals surface area contributed by atoms with Gasteiger partial charge >= 0.3 is 0 Å². The third-order valence-corrected chi connectivity index (χ3v) is 6.93. The van der Waals surface area contributed by atoms with Gasteiger partial charge in [0.1, 0.15) is 23.6 Å². The van der Waals surface area contributed by atoms with Gasteiger partial charge in [0, 0.05) is 11.3 Å². The summed E-state index contributed by atoms with van der Waals surface area (Å²) in [6.07, 6.45) is 2.19. The van der Waals surface area contributed by atoms with Gasteiger partial charge in [-0.15, -0.1) is 0 Å². The van der Waals surface area contributed by atoms with E-state index in [0.29, 0.717) is 33.5 Å². The van der Waals surface area contributed by atoms with Crippen molar-refractivity contribution in [2.75, 3.05) is 5.73 Å². The highest BCUT2D eigenvalue weighted by atomic mass is 16.3. The molecule has 0 spiro atoms. The van der Waals surface area contributed by atoms with Crippen LogP contribution in [-0.4, -0.2) is 29.4 Å². The second kappa shape index (κ2) is 9.15. The van der Waals surface area contributed by atoms with E-state index in [-0.39, 0.29) is 17.9 Å². The predicted octanol–water partition coefficient (Wildman–Crippen LogP) is 5.00. The number of phenolic OH excluding ortho intramolecular Hbond substituents is 1. The van der Waals surface area contributed by atoms with E-state index >= 15 is 0 Å². The molecule has 188 valence electrons. The molecule has 3 heterocycles. The van der Waals surface area contributed by atoms with Crippen LogP contribution in [0.4, 0.5) is 5.82 Å². The van der Waals surface area contributed by atoms with Gasteiger partial charge < -0.3 is 10.8 Å². The third kappa shape index (κ3) is 3.78. The fourth-order valence-electron chi connectivity index (χ4n) is 5.15. The Kier molecular flexibility index (Phi) is 5.64. The minimum absolute atomic E-state index is 0.0738. The number of aromatic hydroxyl groups is 1. The van der Waals surface area contributed by atoms with E-state index < -0.39 is 0 Å². The van der Waals surface area contributed by atoms with Gasteiger partial charge in [0.05, 0.1) is 23.0 Å². The quantitative estimate of drug-likeness (QED) is 0.343. The number of nitrogens with zero attached hydrogens (tertiary/aromatic N) is 5. The van der Waals surface area contributed by atoms with E-state index in [1.165, 1.54) is 6.33 Å². The normalized spacial score (nSPS) is 11.4. The van der Waals surface area contributed by atoms with Crippen LogP contribution in [0.2, 0.25) is 0 Å². The molecule has 3 aromatic carbocycles. The minimum Gasteiger partial charge on any atom is -0.508 e. The summed E-state index contributed by atoms with van der Waals surface area (Å²) in [5.74, 6) is 0.415. The van der Waals surface area contributed by atoms with Crippen LogP contribution >= 0.6 is 0 Å². The number of rotatable bonds is 5. The van der Waals surface area contributed by atoms with Gasteiger partial charge in [-0.05, 0) is 54.1 Å². The molecular formula is C30H26N6O2. The van der Waals surface area contributed by atoms with Gasteiger partial charge in [-0.25, -0.2) is 14.6 Å². The maximum Gasteiger partial charge on any atom is 0.263 e. The average Bonchev–Trinajstić information content (AvgIpc) is 3.28. The van der Waals surface area contributed by atoms with Crippen LogP contribution in [0.1, 0.15) is 23.7 Å². The summed E-state index contributed by atoms with van der Waals surface area (Å²) < 4.78 is 3.54. The summed E-state index contributed by atoms with van der Waals surface area (Å²) in [4.78, 5) is 22.8. The van der Waals surface area contributed by atoms with Gasteiger partial charge in [-0.3, -0.25) is 9.36 Å². The summed E-state index contributed by atoms with van der Waals surface area (Å²) in [7, 11) is 0. The second-order valence-electron chi connectivity index (χ2n) is 9.31. The van der Waals surface area contributed by atoms with Crippen LogP contribution < -0.4 is 11.3 Å². The number of aromatic nitrogens is 5. The van der Waals surface area contributed by atoms with E-state index in [9.17, 15) is 9.90 Å². The number of nitrogens with two attached hydrogens (primary N) is 1. The van der Waals surface area contributed by atoms with Crippen LogP contribution in [-0.2, 0) is 13.0 Å². The first-order valence-corrected chi connectivity index (χ1v) is 12.4. The molecule has 38 heavy (non-hydrogen) atoms. The van der Waals surface area contributed by atoms with Crippen molar-refractivity contribution >= 4 is 27.6 Å². The predicted molar refractivity (Wildman–Crippen MR) is 150 cm³/mol. The summed E-state index contributed by atoms with van der Waals surface area (Å²) in [6.45, 7) is 4.31. The molecule has 3 aromatic heterocycles. The molecule has 3 N–H and O–H groups in total. The molecule has 8 heteroatoms. The molecule has 0 aliphatic rings. The first-order valence-electron chi connectivity index (χ1n) is 12.4. The van der Waals surface area contributed by atoms with Gasteiger partial charge in [-0.2, -0.15) is 5.10 Å². The molecule has 0 aliphatic heterocycles.